The lowest BCUT2D eigenvalue weighted by Gasteiger charge is -2.09. The minimum Gasteiger partial charge on any atom is -0.236 e. The lowest BCUT2D eigenvalue weighted by molar-refractivity contribution is 1.04. The van der Waals surface area contributed by atoms with Gasteiger partial charge in [0.2, 0.25) is 0 Å². The van der Waals surface area contributed by atoms with Crippen LogP contribution in [0, 0.1) is 0 Å². The number of rotatable bonds is 2. The van der Waals surface area contributed by atoms with E-state index in [1.165, 1.54) is 0 Å². The molecule has 0 unspecified atom stereocenters. The molecule has 2 nitrogen and oxygen atoms in total. The van der Waals surface area contributed by atoms with Gasteiger partial charge in [-0.05, 0) is 18.4 Å². The first-order valence-corrected chi connectivity index (χ1v) is 6.67. The molecule has 1 aromatic heterocycles. The van der Waals surface area contributed by atoms with Crippen molar-refractivity contribution in [3.63, 3.8) is 0 Å². The highest BCUT2D eigenvalue weighted by Gasteiger charge is 2.10. The number of hydrogen-bond acceptors (Lipinski definition) is 2. The Morgan fingerprint density at radius 1 is 1.05 bits per heavy atom. The van der Waals surface area contributed by atoms with Crippen LogP contribution in [0.25, 0.3) is 17.0 Å². The molecule has 1 aliphatic rings. The normalized spacial score (nSPS) is 14.3. The lowest BCUT2D eigenvalue weighted by atomic mass is 10.0. The van der Waals surface area contributed by atoms with Gasteiger partial charge in [-0.3, -0.25) is 0 Å². The Bertz CT molecular complexity index is 645. The number of hydrogen-bond donors (Lipinski definition) is 0. The zero-order chi connectivity index (χ0) is 13.1. The van der Waals surface area contributed by atoms with Crippen LogP contribution in [-0.4, -0.2) is 9.97 Å². The second kappa shape index (κ2) is 5.37. The van der Waals surface area contributed by atoms with Gasteiger partial charge < -0.3 is 0 Å². The molecule has 0 spiro atoms. The van der Waals surface area contributed by atoms with Crippen molar-refractivity contribution >= 4 is 17.2 Å². The summed E-state index contributed by atoms with van der Waals surface area (Å²) in [7, 11) is 0. The van der Waals surface area contributed by atoms with Crippen LogP contribution in [0.15, 0.2) is 54.8 Å². The Hall–Kier alpha value is -1.93. The fourth-order valence-electron chi connectivity index (χ4n) is 2.09. The van der Waals surface area contributed by atoms with Gasteiger partial charge >= 0.3 is 0 Å². The van der Waals surface area contributed by atoms with Crippen LogP contribution in [0.3, 0.4) is 0 Å². The molecule has 0 radical (unpaired) electrons. The predicted molar refractivity (Wildman–Crippen MR) is 78.8 cm³/mol. The third-order valence-corrected chi connectivity index (χ3v) is 3.37. The topological polar surface area (TPSA) is 25.8 Å². The third kappa shape index (κ3) is 2.59. The number of halogens is 1. The van der Waals surface area contributed by atoms with Crippen molar-refractivity contribution in [2.24, 2.45) is 0 Å². The first kappa shape index (κ1) is 12.1. The average Bonchev–Trinajstić information content (AvgIpc) is 2.49. The molecule has 3 rings (SSSR count). The van der Waals surface area contributed by atoms with Crippen molar-refractivity contribution < 1.29 is 0 Å². The largest absolute Gasteiger partial charge is 0.236 e. The molecule has 0 saturated heterocycles. The van der Waals surface area contributed by atoms with Crippen molar-refractivity contribution in [3.8, 4) is 11.4 Å². The second-order valence-electron chi connectivity index (χ2n) is 4.40. The minimum absolute atomic E-state index is 0.506. The van der Waals surface area contributed by atoms with Gasteiger partial charge in [0.05, 0.1) is 0 Å². The quantitative estimate of drug-likeness (QED) is 0.748. The number of aromatic nitrogens is 2. The molecule has 0 saturated carbocycles. The molecule has 0 fully saturated rings. The number of nitrogens with zero attached hydrogens (tertiary/aromatic N) is 2. The maximum atomic E-state index is 6.29. The van der Waals surface area contributed by atoms with E-state index < -0.39 is 0 Å². The first-order chi connectivity index (χ1) is 9.34. The van der Waals surface area contributed by atoms with Gasteiger partial charge in [0, 0.05) is 17.3 Å². The standard InChI is InChI=1S/C16H13ClN2/c17-15-14(12-7-3-1-4-8-12)11-18-16(19-15)13-9-5-2-6-10-13/h2-3,5-11H,1,4H2. The highest BCUT2D eigenvalue weighted by Crippen LogP contribution is 2.27. The molecule has 19 heavy (non-hydrogen) atoms. The molecule has 0 atom stereocenters. The summed E-state index contributed by atoms with van der Waals surface area (Å²) >= 11 is 6.29. The second-order valence-corrected chi connectivity index (χ2v) is 4.76. The van der Waals surface area contributed by atoms with Gasteiger partial charge in [-0.1, -0.05) is 60.2 Å². The summed E-state index contributed by atoms with van der Waals surface area (Å²) in [6.45, 7) is 0. The van der Waals surface area contributed by atoms with Crippen molar-refractivity contribution in [2.45, 2.75) is 12.8 Å². The van der Waals surface area contributed by atoms with E-state index in [1.807, 2.05) is 30.3 Å². The van der Waals surface area contributed by atoms with E-state index in [2.05, 4.69) is 28.2 Å². The van der Waals surface area contributed by atoms with Gasteiger partial charge in [-0.15, -0.1) is 0 Å². The van der Waals surface area contributed by atoms with Gasteiger partial charge in [-0.2, -0.15) is 0 Å². The number of benzene rings is 1. The van der Waals surface area contributed by atoms with Gasteiger partial charge in [-0.25, -0.2) is 9.97 Å². The van der Waals surface area contributed by atoms with E-state index in [0.29, 0.717) is 11.0 Å². The first-order valence-electron chi connectivity index (χ1n) is 6.29. The highest BCUT2D eigenvalue weighted by atomic mass is 35.5. The van der Waals surface area contributed by atoms with Crippen LogP contribution in [0.5, 0.6) is 0 Å². The minimum atomic E-state index is 0.506. The van der Waals surface area contributed by atoms with E-state index in [9.17, 15) is 0 Å². The fourth-order valence-corrected chi connectivity index (χ4v) is 2.33. The van der Waals surface area contributed by atoms with E-state index in [4.69, 9.17) is 11.6 Å². The van der Waals surface area contributed by atoms with Crippen LogP contribution >= 0.6 is 11.6 Å². The molecule has 0 bridgehead atoms. The average molecular weight is 269 g/mol. The summed E-state index contributed by atoms with van der Waals surface area (Å²) in [6.07, 6.45) is 10.3. The van der Waals surface area contributed by atoms with Crippen LogP contribution in [0.2, 0.25) is 5.15 Å². The molecule has 94 valence electrons. The van der Waals surface area contributed by atoms with Crippen LogP contribution < -0.4 is 0 Å². The Morgan fingerprint density at radius 3 is 2.58 bits per heavy atom. The van der Waals surface area contributed by atoms with Crippen molar-refractivity contribution in [1.29, 1.82) is 0 Å². The van der Waals surface area contributed by atoms with Crippen LogP contribution in [0.4, 0.5) is 0 Å². The van der Waals surface area contributed by atoms with Gasteiger partial charge in [0.1, 0.15) is 5.15 Å². The smallest absolute Gasteiger partial charge is 0.160 e. The summed E-state index contributed by atoms with van der Waals surface area (Å²) in [4.78, 5) is 8.81. The molecular weight excluding hydrogens is 256 g/mol. The Kier molecular flexibility index (Phi) is 3.43. The monoisotopic (exact) mass is 268 g/mol. The molecule has 1 heterocycles. The molecule has 0 N–H and O–H groups in total. The zero-order valence-corrected chi connectivity index (χ0v) is 11.1. The van der Waals surface area contributed by atoms with Crippen molar-refractivity contribution in [1.82, 2.24) is 9.97 Å². The Morgan fingerprint density at radius 2 is 1.89 bits per heavy atom. The van der Waals surface area contributed by atoms with Crippen molar-refractivity contribution in [2.75, 3.05) is 0 Å². The molecule has 3 heteroatoms. The third-order valence-electron chi connectivity index (χ3n) is 3.08. The highest BCUT2D eigenvalue weighted by molar-refractivity contribution is 6.31. The fraction of sp³-hybridized carbons (Fsp3) is 0.125. The zero-order valence-electron chi connectivity index (χ0n) is 10.4. The maximum Gasteiger partial charge on any atom is 0.160 e. The van der Waals surface area contributed by atoms with Crippen LogP contribution in [0.1, 0.15) is 18.4 Å². The summed E-state index contributed by atoms with van der Waals surface area (Å²) in [6, 6.07) is 9.85. The van der Waals surface area contributed by atoms with E-state index in [-0.39, 0.29) is 0 Å². The van der Waals surface area contributed by atoms with E-state index in [0.717, 1.165) is 29.5 Å². The molecule has 0 amide bonds. The molecule has 0 aliphatic heterocycles. The molecular formula is C16H13ClN2. The molecule has 1 aromatic carbocycles. The molecule has 1 aliphatic carbocycles. The Labute approximate surface area is 117 Å². The summed E-state index contributed by atoms with van der Waals surface area (Å²) < 4.78 is 0. The van der Waals surface area contributed by atoms with Gasteiger partial charge in [0.15, 0.2) is 5.82 Å². The number of allylic oxidation sites excluding steroid dienone is 4. The lowest BCUT2D eigenvalue weighted by Crippen LogP contribution is -1.95. The summed E-state index contributed by atoms with van der Waals surface area (Å²) in [5, 5.41) is 0.506. The maximum absolute atomic E-state index is 6.29. The van der Waals surface area contributed by atoms with Crippen LogP contribution in [-0.2, 0) is 0 Å². The molecule has 2 aromatic rings. The Balaban J connectivity index is 1.99. The SMILES string of the molecule is Clc1nc(-c2ccccc2)ncc1C1=CCCC=C1. The van der Waals surface area contributed by atoms with E-state index >= 15 is 0 Å². The van der Waals surface area contributed by atoms with Gasteiger partial charge in [0.25, 0.3) is 0 Å². The summed E-state index contributed by atoms with van der Waals surface area (Å²) in [5.74, 6) is 0.662. The van der Waals surface area contributed by atoms with E-state index in [1.54, 1.807) is 6.20 Å². The van der Waals surface area contributed by atoms with Crippen molar-refractivity contribution in [3.05, 3.63) is 65.5 Å². The summed E-state index contributed by atoms with van der Waals surface area (Å²) in [5.41, 5.74) is 2.98. The predicted octanol–water partition coefficient (Wildman–Crippen LogP) is 4.53.